The summed E-state index contributed by atoms with van der Waals surface area (Å²) in [4.78, 5) is -0.237. The lowest BCUT2D eigenvalue weighted by Crippen LogP contribution is -2.04. The van der Waals surface area contributed by atoms with Crippen LogP contribution in [0.2, 0.25) is 0 Å². The Morgan fingerprint density at radius 2 is 1.91 bits per heavy atom. The van der Waals surface area contributed by atoms with Gasteiger partial charge in [-0.25, -0.2) is 8.42 Å². The molecule has 0 spiro atoms. The minimum atomic E-state index is -3.89. The lowest BCUT2D eigenvalue weighted by molar-refractivity contribution is 0.603. The van der Waals surface area contributed by atoms with Gasteiger partial charge in [0, 0.05) is 8.95 Å². The van der Waals surface area contributed by atoms with Crippen molar-refractivity contribution in [3.63, 3.8) is 0 Å². The first-order chi connectivity index (χ1) is 10.3. The topological polar surface area (TPSA) is 57.9 Å². The van der Waals surface area contributed by atoms with Crippen LogP contribution in [0.4, 0.5) is 0 Å². The maximum absolute atomic E-state index is 12.7. The zero-order valence-corrected chi connectivity index (χ0v) is 15.5. The summed E-state index contributed by atoms with van der Waals surface area (Å²) >= 11 is 6.47. The van der Waals surface area contributed by atoms with E-state index in [-0.39, 0.29) is 9.80 Å². The maximum atomic E-state index is 12.7. The van der Waals surface area contributed by atoms with E-state index in [9.17, 15) is 13.7 Å². The van der Waals surface area contributed by atoms with Crippen molar-refractivity contribution < 1.29 is 8.42 Å². The molecular weight excluding hydrogens is 430 g/mol. The summed E-state index contributed by atoms with van der Waals surface area (Å²) in [7, 11) is -3.89. The van der Waals surface area contributed by atoms with Gasteiger partial charge in [-0.2, -0.15) is 5.26 Å². The van der Waals surface area contributed by atoms with E-state index in [0.29, 0.717) is 14.5 Å². The van der Waals surface area contributed by atoms with Crippen molar-refractivity contribution in [3.8, 4) is 6.07 Å². The average Bonchev–Trinajstić information content (AvgIpc) is 2.47. The molecule has 0 aliphatic rings. The molecule has 0 atom stereocenters. The Morgan fingerprint density at radius 3 is 2.55 bits per heavy atom. The molecular formula is C16H11Br2NO2S. The molecule has 0 heterocycles. The summed E-state index contributed by atoms with van der Waals surface area (Å²) in [6, 6.07) is 13.9. The third-order valence-electron chi connectivity index (χ3n) is 2.92. The van der Waals surface area contributed by atoms with Crippen LogP contribution < -0.4 is 0 Å². The van der Waals surface area contributed by atoms with Gasteiger partial charge < -0.3 is 0 Å². The highest BCUT2D eigenvalue weighted by molar-refractivity contribution is 9.11. The summed E-state index contributed by atoms with van der Waals surface area (Å²) < 4.78 is 26.4. The molecule has 2 aromatic rings. The first kappa shape index (κ1) is 16.9. The molecule has 0 amide bonds. The van der Waals surface area contributed by atoms with Crippen molar-refractivity contribution in [3.05, 3.63) is 67.4 Å². The van der Waals surface area contributed by atoms with E-state index in [1.807, 2.05) is 25.1 Å². The van der Waals surface area contributed by atoms with Crippen LogP contribution in [0, 0.1) is 18.3 Å². The number of benzene rings is 2. The second kappa shape index (κ2) is 6.78. The van der Waals surface area contributed by atoms with Gasteiger partial charge in [0.1, 0.15) is 11.0 Å². The number of allylic oxidation sites excluding steroid dienone is 1. The molecule has 6 heteroatoms. The number of sulfone groups is 1. The quantitative estimate of drug-likeness (QED) is 0.640. The minimum absolute atomic E-state index is 0.0577. The van der Waals surface area contributed by atoms with Crippen molar-refractivity contribution in [1.29, 1.82) is 5.26 Å². The minimum Gasteiger partial charge on any atom is -0.218 e. The smallest absolute Gasteiger partial charge is 0.217 e. The van der Waals surface area contributed by atoms with E-state index in [1.54, 1.807) is 24.3 Å². The molecule has 0 N–H and O–H groups in total. The van der Waals surface area contributed by atoms with Crippen LogP contribution in [-0.4, -0.2) is 8.42 Å². The Labute approximate surface area is 146 Å². The molecule has 22 heavy (non-hydrogen) atoms. The van der Waals surface area contributed by atoms with Gasteiger partial charge in [-0.15, -0.1) is 0 Å². The van der Waals surface area contributed by atoms with Crippen molar-refractivity contribution in [2.24, 2.45) is 0 Å². The highest BCUT2D eigenvalue weighted by Crippen LogP contribution is 2.30. The SMILES string of the molecule is Cc1cccc(C=C(C#N)S(=O)(=O)c2cc(Br)ccc2Br)c1. The second-order valence-electron chi connectivity index (χ2n) is 4.61. The molecule has 0 aromatic heterocycles. The molecule has 0 bridgehead atoms. The normalized spacial score (nSPS) is 12.0. The van der Waals surface area contributed by atoms with E-state index in [0.717, 1.165) is 5.56 Å². The van der Waals surface area contributed by atoms with Crippen molar-refractivity contribution >= 4 is 47.8 Å². The Morgan fingerprint density at radius 1 is 1.18 bits per heavy atom. The molecule has 0 saturated carbocycles. The van der Waals surface area contributed by atoms with Crippen LogP contribution in [0.25, 0.3) is 6.08 Å². The molecule has 3 nitrogen and oxygen atoms in total. The number of nitrogens with zero attached hydrogens (tertiary/aromatic N) is 1. The first-order valence-electron chi connectivity index (χ1n) is 6.23. The molecule has 112 valence electrons. The maximum Gasteiger partial charge on any atom is 0.217 e. The molecule has 2 rings (SSSR count). The summed E-state index contributed by atoms with van der Waals surface area (Å²) in [5, 5.41) is 9.29. The van der Waals surface area contributed by atoms with E-state index in [4.69, 9.17) is 0 Å². The van der Waals surface area contributed by atoms with Crippen molar-refractivity contribution in [1.82, 2.24) is 0 Å². The lowest BCUT2D eigenvalue weighted by atomic mass is 10.1. The standard InChI is InChI=1S/C16H11Br2NO2S/c1-11-3-2-4-12(7-11)8-14(10-19)22(20,21)16-9-13(17)5-6-15(16)18/h2-9H,1H3. The largest absolute Gasteiger partial charge is 0.218 e. The Balaban J connectivity index is 2.60. The van der Waals surface area contributed by atoms with E-state index < -0.39 is 9.84 Å². The molecule has 2 aromatic carbocycles. The van der Waals surface area contributed by atoms with Crippen LogP contribution in [0.5, 0.6) is 0 Å². The Kier molecular flexibility index (Phi) is 5.22. The van der Waals surface area contributed by atoms with Crippen LogP contribution in [0.1, 0.15) is 11.1 Å². The average molecular weight is 441 g/mol. The fourth-order valence-corrected chi connectivity index (χ4v) is 4.54. The summed E-state index contributed by atoms with van der Waals surface area (Å²) in [6.07, 6.45) is 1.38. The number of hydrogen-bond acceptors (Lipinski definition) is 3. The molecule has 0 aliphatic heterocycles. The fourth-order valence-electron chi connectivity index (χ4n) is 1.88. The van der Waals surface area contributed by atoms with Crippen LogP contribution >= 0.6 is 31.9 Å². The molecule has 0 fully saturated rings. The lowest BCUT2D eigenvalue weighted by Gasteiger charge is -2.06. The van der Waals surface area contributed by atoms with Gasteiger partial charge in [0.05, 0.1) is 4.90 Å². The number of aryl methyl sites for hydroxylation is 1. The predicted molar refractivity (Wildman–Crippen MR) is 93.8 cm³/mol. The van der Waals surface area contributed by atoms with Gasteiger partial charge in [0.15, 0.2) is 0 Å². The number of halogens is 2. The van der Waals surface area contributed by atoms with Crippen LogP contribution in [0.15, 0.2) is 61.2 Å². The fraction of sp³-hybridized carbons (Fsp3) is 0.0625. The third kappa shape index (κ3) is 3.67. The van der Waals surface area contributed by atoms with Gasteiger partial charge in [0.25, 0.3) is 0 Å². The number of nitriles is 1. The monoisotopic (exact) mass is 439 g/mol. The third-order valence-corrected chi connectivity index (χ3v) is 6.07. The predicted octanol–water partition coefficient (Wildman–Crippen LogP) is 4.86. The highest BCUT2D eigenvalue weighted by Gasteiger charge is 2.23. The number of rotatable bonds is 3. The molecule has 0 saturated heterocycles. The Bertz CT molecular complexity index is 897. The zero-order chi connectivity index (χ0) is 16.3. The second-order valence-corrected chi connectivity index (χ2v) is 8.27. The van der Waals surface area contributed by atoms with Crippen molar-refractivity contribution in [2.45, 2.75) is 11.8 Å². The molecule has 0 radical (unpaired) electrons. The van der Waals surface area contributed by atoms with E-state index in [1.165, 1.54) is 12.1 Å². The zero-order valence-electron chi connectivity index (χ0n) is 11.5. The van der Waals surface area contributed by atoms with Gasteiger partial charge >= 0.3 is 0 Å². The Hall–Kier alpha value is -1.42. The van der Waals surface area contributed by atoms with Crippen molar-refractivity contribution in [2.75, 3.05) is 0 Å². The van der Waals surface area contributed by atoms with E-state index >= 15 is 0 Å². The van der Waals surface area contributed by atoms with Gasteiger partial charge in [-0.05, 0) is 52.7 Å². The summed E-state index contributed by atoms with van der Waals surface area (Å²) in [5.74, 6) is 0. The van der Waals surface area contributed by atoms with E-state index in [2.05, 4.69) is 31.9 Å². The van der Waals surface area contributed by atoms with Crippen LogP contribution in [0.3, 0.4) is 0 Å². The van der Waals surface area contributed by atoms with Gasteiger partial charge in [0.2, 0.25) is 9.84 Å². The van der Waals surface area contributed by atoms with Gasteiger partial charge in [-0.3, -0.25) is 0 Å². The highest BCUT2D eigenvalue weighted by atomic mass is 79.9. The molecule has 0 aliphatic carbocycles. The van der Waals surface area contributed by atoms with Crippen LogP contribution in [-0.2, 0) is 9.84 Å². The number of hydrogen-bond donors (Lipinski definition) is 0. The van der Waals surface area contributed by atoms with Gasteiger partial charge in [-0.1, -0.05) is 45.8 Å². The first-order valence-corrected chi connectivity index (χ1v) is 9.30. The summed E-state index contributed by atoms with van der Waals surface area (Å²) in [5.41, 5.74) is 1.67. The summed E-state index contributed by atoms with van der Waals surface area (Å²) in [6.45, 7) is 1.91. The molecule has 0 unspecified atom stereocenters.